The Balaban J connectivity index is 2.03. The molecule has 1 amide bonds. The Hall–Kier alpha value is -2.33. The van der Waals surface area contributed by atoms with E-state index in [1.54, 1.807) is 48.5 Å². The molecular formula is C15H15NO3. The zero-order valence-electron chi connectivity index (χ0n) is 10.3. The van der Waals surface area contributed by atoms with E-state index in [-0.39, 0.29) is 24.7 Å². The summed E-state index contributed by atoms with van der Waals surface area (Å²) in [5.74, 6) is 0.0152. The van der Waals surface area contributed by atoms with Crippen molar-refractivity contribution in [2.75, 3.05) is 5.32 Å². The van der Waals surface area contributed by atoms with E-state index in [4.69, 9.17) is 5.11 Å². The maximum Gasteiger partial charge on any atom is 0.228 e. The third-order valence-electron chi connectivity index (χ3n) is 2.76. The molecule has 0 atom stereocenters. The van der Waals surface area contributed by atoms with Gasteiger partial charge in [0.05, 0.1) is 13.0 Å². The molecule has 98 valence electrons. The smallest absolute Gasteiger partial charge is 0.228 e. The fourth-order valence-corrected chi connectivity index (χ4v) is 1.77. The first kappa shape index (κ1) is 13.1. The number of rotatable bonds is 4. The zero-order chi connectivity index (χ0) is 13.7. The fraction of sp³-hybridized carbons (Fsp3) is 0.133. The molecule has 0 aliphatic carbocycles. The molecule has 0 bridgehead atoms. The second-order valence-corrected chi connectivity index (χ2v) is 4.21. The number of phenols is 1. The Kier molecular flexibility index (Phi) is 4.15. The summed E-state index contributed by atoms with van der Waals surface area (Å²) in [6.45, 7) is -0.115. The highest BCUT2D eigenvalue weighted by Crippen LogP contribution is 2.16. The third-order valence-corrected chi connectivity index (χ3v) is 2.76. The second-order valence-electron chi connectivity index (χ2n) is 4.21. The topological polar surface area (TPSA) is 69.6 Å². The van der Waals surface area contributed by atoms with Crippen LogP contribution >= 0.6 is 0 Å². The molecule has 19 heavy (non-hydrogen) atoms. The van der Waals surface area contributed by atoms with Crippen LogP contribution in [0.15, 0.2) is 48.5 Å². The molecule has 3 N–H and O–H groups in total. The van der Waals surface area contributed by atoms with Crippen molar-refractivity contribution >= 4 is 11.6 Å². The highest BCUT2D eigenvalue weighted by Gasteiger charge is 2.07. The first-order chi connectivity index (χ1) is 9.19. The van der Waals surface area contributed by atoms with E-state index in [1.165, 1.54) is 0 Å². The molecule has 2 rings (SSSR count). The van der Waals surface area contributed by atoms with E-state index in [0.717, 1.165) is 5.56 Å². The number of hydrogen-bond donors (Lipinski definition) is 3. The Bertz CT molecular complexity index is 564. The molecule has 0 unspecified atom stereocenters. The van der Waals surface area contributed by atoms with Crippen molar-refractivity contribution in [3.63, 3.8) is 0 Å². The Morgan fingerprint density at radius 3 is 2.42 bits per heavy atom. The average Bonchev–Trinajstić information content (AvgIpc) is 2.42. The molecule has 2 aromatic carbocycles. The van der Waals surface area contributed by atoms with Crippen LogP contribution in [0.4, 0.5) is 5.69 Å². The average molecular weight is 257 g/mol. The largest absolute Gasteiger partial charge is 0.508 e. The predicted octanol–water partition coefficient (Wildman–Crippen LogP) is 2.07. The summed E-state index contributed by atoms with van der Waals surface area (Å²) in [7, 11) is 0. The molecule has 0 saturated heterocycles. The molecule has 4 heteroatoms. The van der Waals surface area contributed by atoms with Crippen molar-refractivity contribution in [1.29, 1.82) is 0 Å². The highest BCUT2D eigenvalue weighted by atomic mass is 16.3. The monoisotopic (exact) mass is 257 g/mol. The van der Waals surface area contributed by atoms with E-state index >= 15 is 0 Å². The standard InChI is InChI=1S/C15H15NO3/c17-10-12-3-1-2-4-14(12)16-15(19)9-11-5-7-13(18)8-6-11/h1-8,17-18H,9-10H2,(H,16,19). The number of anilines is 1. The van der Waals surface area contributed by atoms with Gasteiger partial charge in [-0.05, 0) is 23.8 Å². The molecular weight excluding hydrogens is 242 g/mol. The van der Waals surface area contributed by atoms with Crippen LogP contribution in [0, 0.1) is 0 Å². The predicted molar refractivity (Wildman–Crippen MR) is 72.8 cm³/mol. The number of carbonyl (C=O) groups is 1. The quantitative estimate of drug-likeness (QED) is 0.785. The van der Waals surface area contributed by atoms with E-state index < -0.39 is 0 Å². The fourth-order valence-electron chi connectivity index (χ4n) is 1.77. The van der Waals surface area contributed by atoms with E-state index in [0.29, 0.717) is 11.3 Å². The number of amides is 1. The van der Waals surface area contributed by atoms with Crippen LogP contribution in [0.3, 0.4) is 0 Å². The van der Waals surface area contributed by atoms with Crippen LogP contribution in [0.25, 0.3) is 0 Å². The van der Waals surface area contributed by atoms with Gasteiger partial charge in [-0.25, -0.2) is 0 Å². The van der Waals surface area contributed by atoms with Crippen LogP contribution in [0.1, 0.15) is 11.1 Å². The van der Waals surface area contributed by atoms with Gasteiger partial charge in [0.15, 0.2) is 0 Å². The minimum Gasteiger partial charge on any atom is -0.508 e. The summed E-state index contributed by atoms with van der Waals surface area (Å²) in [6, 6.07) is 13.6. The normalized spacial score (nSPS) is 10.2. The number of hydrogen-bond acceptors (Lipinski definition) is 3. The van der Waals surface area contributed by atoms with Gasteiger partial charge in [0.2, 0.25) is 5.91 Å². The van der Waals surface area contributed by atoms with Gasteiger partial charge in [0, 0.05) is 11.3 Å². The van der Waals surface area contributed by atoms with Crippen molar-refractivity contribution in [3.8, 4) is 5.75 Å². The first-order valence-corrected chi connectivity index (χ1v) is 5.95. The van der Waals surface area contributed by atoms with Crippen molar-refractivity contribution in [1.82, 2.24) is 0 Å². The minimum absolute atomic E-state index is 0.115. The van der Waals surface area contributed by atoms with Gasteiger partial charge in [-0.3, -0.25) is 4.79 Å². The molecule has 0 spiro atoms. The van der Waals surface area contributed by atoms with Gasteiger partial charge >= 0.3 is 0 Å². The van der Waals surface area contributed by atoms with Gasteiger partial charge in [-0.1, -0.05) is 30.3 Å². The van der Waals surface area contributed by atoms with E-state index in [9.17, 15) is 9.90 Å². The highest BCUT2D eigenvalue weighted by molar-refractivity contribution is 5.92. The Morgan fingerprint density at radius 1 is 1.05 bits per heavy atom. The molecule has 0 aliphatic heterocycles. The number of aromatic hydroxyl groups is 1. The number of aliphatic hydroxyl groups excluding tert-OH is 1. The lowest BCUT2D eigenvalue weighted by molar-refractivity contribution is -0.115. The molecule has 0 aromatic heterocycles. The van der Waals surface area contributed by atoms with E-state index in [2.05, 4.69) is 5.32 Å². The van der Waals surface area contributed by atoms with Crippen LogP contribution in [-0.2, 0) is 17.8 Å². The van der Waals surface area contributed by atoms with Crippen LogP contribution < -0.4 is 5.32 Å². The lowest BCUT2D eigenvalue weighted by Crippen LogP contribution is -2.15. The number of aliphatic hydroxyl groups is 1. The zero-order valence-corrected chi connectivity index (χ0v) is 10.3. The molecule has 0 saturated carbocycles. The van der Waals surface area contributed by atoms with Crippen molar-refractivity contribution in [2.24, 2.45) is 0 Å². The number of nitrogens with one attached hydrogen (secondary N) is 1. The maximum absolute atomic E-state index is 11.9. The lowest BCUT2D eigenvalue weighted by atomic mass is 10.1. The molecule has 0 aliphatic rings. The lowest BCUT2D eigenvalue weighted by Gasteiger charge is -2.09. The minimum atomic E-state index is -0.161. The van der Waals surface area contributed by atoms with Crippen LogP contribution in [0.2, 0.25) is 0 Å². The third kappa shape index (κ3) is 3.56. The summed E-state index contributed by atoms with van der Waals surface area (Å²) in [6.07, 6.45) is 0.222. The Labute approximate surface area is 111 Å². The molecule has 0 heterocycles. The van der Waals surface area contributed by atoms with Crippen LogP contribution in [0.5, 0.6) is 5.75 Å². The number of para-hydroxylation sites is 1. The van der Waals surface area contributed by atoms with Gasteiger partial charge in [-0.15, -0.1) is 0 Å². The van der Waals surface area contributed by atoms with Gasteiger partial charge in [-0.2, -0.15) is 0 Å². The summed E-state index contributed by atoms with van der Waals surface area (Å²) < 4.78 is 0. The summed E-state index contributed by atoms with van der Waals surface area (Å²) in [5, 5.41) is 21.1. The van der Waals surface area contributed by atoms with Crippen molar-refractivity contribution in [2.45, 2.75) is 13.0 Å². The Morgan fingerprint density at radius 2 is 1.74 bits per heavy atom. The molecule has 0 radical (unpaired) electrons. The van der Waals surface area contributed by atoms with Crippen molar-refractivity contribution < 1.29 is 15.0 Å². The SMILES string of the molecule is O=C(Cc1ccc(O)cc1)Nc1ccccc1CO. The summed E-state index contributed by atoms with van der Waals surface area (Å²) in [4.78, 5) is 11.9. The summed E-state index contributed by atoms with van der Waals surface area (Å²) in [5.41, 5.74) is 2.12. The number of phenolic OH excluding ortho intramolecular Hbond substituents is 1. The maximum atomic E-state index is 11.9. The number of benzene rings is 2. The van der Waals surface area contributed by atoms with Gasteiger partial charge in [0.25, 0.3) is 0 Å². The number of carbonyl (C=O) groups excluding carboxylic acids is 1. The molecule has 0 fully saturated rings. The first-order valence-electron chi connectivity index (χ1n) is 5.95. The molecule has 2 aromatic rings. The van der Waals surface area contributed by atoms with Gasteiger partial charge in [0.1, 0.15) is 5.75 Å². The second kappa shape index (κ2) is 6.02. The van der Waals surface area contributed by atoms with Gasteiger partial charge < -0.3 is 15.5 Å². The van der Waals surface area contributed by atoms with Crippen LogP contribution in [-0.4, -0.2) is 16.1 Å². The van der Waals surface area contributed by atoms with Crippen molar-refractivity contribution in [3.05, 3.63) is 59.7 Å². The van der Waals surface area contributed by atoms with E-state index in [1.807, 2.05) is 0 Å². The molecule has 4 nitrogen and oxygen atoms in total. The summed E-state index contributed by atoms with van der Waals surface area (Å²) >= 11 is 0.